The lowest BCUT2D eigenvalue weighted by molar-refractivity contribution is -0.384. The maximum Gasteiger partial charge on any atom is 0.330 e. The van der Waals surface area contributed by atoms with Gasteiger partial charge in [-0.15, -0.1) is 0 Å². The predicted octanol–water partition coefficient (Wildman–Crippen LogP) is -0.761. The zero-order valence-corrected chi connectivity index (χ0v) is 11.7. The first-order valence-electron chi connectivity index (χ1n) is 6.79. The van der Waals surface area contributed by atoms with Gasteiger partial charge < -0.3 is 14.9 Å². The highest BCUT2D eigenvalue weighted by molar-refractivity contribution is 5.80. The minimum Gasteiger partial charge on any atom is -0.394 e. The highest BCUT2D eigenvalue weighted by atomic mass is 16.6. The molecule has 1 aliphatic heterocycles. The molecule has 2 aromatic rings. The Balaban J connectivity index is 2.20. The van der Waals surface area contributed by atoms with Crippen LogP contribution in [0.3, 0.4) is 0 Å². The Morgan fingerprint density at radius 2 is 2.17 bits per heavy atom. The number of nitro groups is 1. The van der Waals surface area contributed by atoms with Gasteiger partial charge in [0.05, 0.1) is 28.5 Å². The van der Waals surface area contributed by atoms with Crippen molar-refractivity contribution in [3.63, 3.8) is 0 Å². The third-order valence-electron chi connectivity index (χ3n) is 3.81. The van der Waals surface area contributed by atoms with Crippen molar-refractivity contribution in [1.29, 1.82) is 0 Å². The van der Waals surface area contributed by atoms with Crippen molar-refractivity contribution < 1.29 is 19.9 Å². The molecule has 0 bridgehead atoms. The van der Waals surface area contributed by atoms with E-state index in [9.17, 15) is 24.8 Å². The molecular formula is C13H13N3O7. The molecule has 0 saturated carbocycles. The molecule has 3 rings (SSSR count). The van der Waals surface area contributed by atoms with E-state index in [2.05, 4.69) is 4.98 Å². The van der Waals surface area contributed by atoms with Gasteiger partial charge in [-0.2, -0.15) is 0 Å². The number of nitrogens with one attached hydrogen (secondary N) is 1. The molecule has 1 aromatic heterocycles. The van der Waals surface area contributed by atoms with E-state index in [1.54, 1.807) is 0 Å². The number of nitro benzene ring substituents is 1. The molecule has 122 valence electrons. The van der Waals surface area contributed by atoms with Gasteiger partial charge in [0, 0.05) is 18.6 Å². The zero-order chi connectivity index (χ0) is 16.7. The smallest absolute Gasteiger partial charge is 0.330 e. The second-order valence-corrected chi connectivity index (χ2v) is 5.20. The molecule has 0 unspecified atom stereocenters. The summed E-state index contributed by atoms with van der Waals surface area (Å²) in [4.78, 5) is 36.3. The monoisotopic (exact) mass is 323 g/mol. The van der Waals surface area contributed by atoms with Crippen molar-refractivity contribution in [2.75, 3.05) is 6.61 Å². The summed E-state index contributed by atoms with van der Waals surface area (Å²) in [6.07, 6.45) is -2.65. The van der Waals surface area contributed by atoms with Crippen LogP contribution in [0.5, 0.6) is 0 Å². The summed E-state index contributed by atoms with van der Waals surface area (Å²) in [5.41, 5.74) is -1.64. The Hall–Kier alpha value is -2.56. The Labute approximate surface area is 127 Å². The third-order valence-corrected chi connectivity index (χ3v) is 3.81. The Kier molecular flexibility index (Phi) is 3.72. The number of fused-ring (bicyclic) bond motifs is 1. The number of nitrogens with zero attached hydrogens (tertiary/aromatic N) is 2. The average molecular weight is 323 g/mol. The van der Waals surface area contributed by atoms with Crippen LogP contribution in [0.15, 0.2) is 27.8 Å². The molecule has 0 aliphatic carbocycles. The van der Waals surface area contributed by atoms with Crippen LogP contribution in [0.4, 0.5) is 5.69 Å². The van der Waals surface area contributed by atoms with E-state index in [0.717, 1.165) is 10.6 Å². The van der Waals surface area contributed by atoms with Gasteiger partial charge >= 0.3 is 5.69 Å². The summed E-state index contributed by atoms with van der Waals surface area (Å²) in [5, 5.41) is 29.7. The van der Waals surface area contributed by atoms with Crippen molar-refractivity contribution in [2.45, 2.75) is 24.9 Å². The molecule has 1 fully saturated rings. The molecule has 0 spiro atoms. The average Bonchev–Trinajstić information content (AvgIpc) is 2.87. The van der Waals surface area contributed by atoms with Crippen LogP contribution in [-0.4, -0.2) is 43.5 Å². The Morgan fingerprint density at radius 1 is 1.43 bits per heavy atom. The van der Waals surface area contributed by atoms with Crippen LogP contribution in [0.1, 0.15) is 12.6 Å². The molecule has 23 heavy (non-hydrogen) atoms. The molecule has 0 amide bonds. The van der Waals surface area contributed by atoms with Crippen molar-refractivity contribution >= 4 is 16.6 Å². The standard InChI is InChI=1S/C13H13N3O7/c17-5-10-9(18)4-11(23-10)15-8-2-1-6(16(21)22)3-7(8)12(19)14-13(15)20/h1-3,9-11,17-18H,4-5H2,(H,14,19,20)/t9-,10+,11+/m0/s1. The van der Waals surface area contributed by atoms with Gasteiger partial charge in [-0.3, -0.25) is 24.5 Å². The molecule has 3 N–H and O–H groups in total. The fourth-order valence-electron chi connectivity index (χ4n) is 2.69. The molecular weight excluding hydrogens is 310 g/mol. The SMILES string of the molecule is O=c1[nH]c(=O)n([C@H]2C[C@H](O)[C@@H](CO)O2)c2ccc([N+](=O)[O-])cc12. The van der Waals surface area contributed by atoms with Crippen LogP contribution in [-0.2, 0) is 4.74 Å². The molecule has 0 radical (unpaired) electrons. The van der Waals surface area contributed by atoms with Crippen molar-refractivity contribution in [3.8, 4) is 0 Å². The lowest BCUT2D eigenvalue weighted by Crippen LogP contribution is -2.33. The normalized spacial score (nSPS) is 24.2. The fourth-order valence-corrected chi connectivity index (χ4v) is 2.69. The molecule has 2 heterocycles. The van der Waals surface area contributed by atoms with Crippen LogP contribution >= 0.6 is 0 Å². The summed E-state index contributed by atoms with van der Waals surface area (Å²) >= 11 is 0. The summed E-state index contributed by atoms with van der Waals surface area (Å²) in [7, 11) is 0. The summed E-state index contributed by atoms with van der Waals surface area (Å²) < 4.78 is 6.53. The second kappa shape index (κ2) is 5.57. The van der Waals surface area contributed by atoms with Gasteiger partial charge in [0.1, 0.15) is 12.3 Å². The number of aromatic nitrogens is 2. The largest absolute Gasteiger partial charge is 0.394 e. The topological polar surface area (TPSA) is 148 Å². The van der Waals surface area contributed by atoms with Gasteiger partial charge in [-0.05, 0) is 6.07 Å². The lowest BCUT2D eigenvalue weighted by Gasteiger charge is -2.16. The minimum absolute atomic E-state index is 0.0376. The number of ether oxygens (including phenoxy) is 1. The van der Waals surface area contributed by atoms with Gasteiger partial charge in [-0.1, -0.05) is 0 Å². The molecule has 1 aliphatic rings. The number of aromatic amines is 1. The first-order chi connectivity index (χ1) is 10.9. The number of aliphatic hydroxyl groups excluding tert-OH is 2. The van der Waals surface area contributed by atoms with E-state index in [4.69, 9.17) is 9.84 Å². The minimum atomic E-state index is -0.961. The maximum absolute atomic E-state index is 12.1. The fraction of sp³-hybridized carbons (Fsp3) is 0.385. The highest BCUT2D eigenvalue weighted by Crippen LogP contribution is 2.29. The van der Waals surface area contributed by atoms with Crippen molar-refractivity contribution in [1.82, 2.24) is 9.55 Å². The number of rotatable bonds is 3. The predicted molar refractivity (Wildman–Crippen MR) is 77.1 cm³/mol. The number of H-pyrrole nitrogens is 1. The van der Waals surface area contributed by atoms with Gasteiger partial charge in [0.25, 0.3) is 11.2 Å². The van der Waals surface area contributed by atoms with Crippen LogP contribution in [0.2, 0.25) is 0 Å². The van der Waals surface area contributed by atoms with E-state index < -0.39 is 41.2 Å². The number of hydrogen-bond donors (Lipinski definition) is 3. The lowest BCUT2D eigenvalue weighted by atomic mass is 10.2. The number of benzene rings is 1. The second-order valence-electron chi connectivity index (χ2n) is 5.20. The van der Waals surface area contributed by atoms with Crippen LogP contribution < -0.4 is 11.2 Å². The van der Waals surface area contributed by atoms with E-state index in [0.29, 0.717) is 0 Å². The van der Waals surface area contributed by atoms with Gasteiger partial charge in [0.2, 0.25) is 0 Å². The molecule has 1 aromatic carbocycles. The van der Waals surface area contributed by atoms with Crippen LogP contribution in [0, 0.1) is 10.1 Å². The van der Waals surface area contributed by atoms with Gasteiger partial charge in [0.15, 0.2) is 0 Å². The van der Waals surface area contributed by atoms with Crippen molar-refractivity contribution in [3.05, 3.63) is 49.2 Å². The number of hydrogen-bond acceptors (Lipinski definition) is 7. The maximum atomic E-state index is 12.1. The number of non-ortho nitro benzene ring substituents is 1. The Morgan fingerprint density at radius 3 is 2.78 bits per heavy atom. The number of aliphatic hydroxyl groups is 2. The highest BCUT2D eigenvalue weighted by Gasteiger charge is 2.35. The van der Waals surface area contributed by atoms with E-state index in [1.807, 2.05) is 0 Å². The van der Waals surface area contributed by atoms with E-state index in [-0.39, 0.29) is 23.0 Å². The molecule has 1 saturated heterocycles. The first kappa shape index (κ1) is 15.3. The zero-order valence-electron chi connectivity index (χ0n) is 11.7. The molecule has 10 nitrogen and oxygen atoms in total. The van der Waals surface area contributed by atoms with Crippen LogP contribution in [0.25, 0.3) is 10.9 Å². The van der Waals surface area contributed by atoms with E-state index >= 15 is 0 Å². The summed E-state index contributed by atoms with van der Waals surface area (Å²) in [5.74, 6) is 0. The summed E-state index contributed by atoms with van der Waals surface area (Å²) in [6, 6.07) is 3.53. The van der Waals surface area contributed by atoms with E-state index in [1.165, 1.54) is 12.1 Å². The molecule has 3 atom stereocenters. The van der Waals surface area contributed by atoms with Gasteiger partial charge in [-0.25, -0.2) is 4.79 Å². The van der Waals surface area contributed by atoms with Crippen molar-refractivity contribution in [2.24, 2.45) is 0 Å². The summed E-state index contributed by atoms with van der Waals surface area (Å²) in [6.45, 7) is -0.417. The third kappa shape index (κ3) is 2.52. The Bertz CT molecular complexity index is 887. The first-order valence-corrected chi connectivity index (χ1v) is 6.79. The molecule has 10 heteroatoms. The quantitative estimate of drug-likeness (QED) is 0.496.